The summed E-state index contributed by atoms with van der Waals surface area (Å²) in [7, 11) is 1.78. The fourth-order valence-corrected chi connectivity index (χ4v) is 3.49. The van der Waals surface area contributed by atoms with Crippen molar-refractivity contribution < 1.29 is 9.21 Å². The molecule has 0 N–H and O–H groups in total. The first-order valence-electron chi connectivity index (χ1n) is 8.57. The second-order valence-corrected chi connectivity index (χ2v) is 7.39. The zero-order valence-corrected chi connectivity index (χ0v) is 16.1. The minimum Gasteiger partial charge on any atom is -0.467 e. The lowest BCUT2D eigenvalue weighted by Crippen LogP contribution is -2.27. The third kappa shape index (κ3) is 4.38. The normalized spacial score (nSPS) is 11.1. The molecule has 2 heterocycles. The highest BCUT2D eigenvalue weighted by Gasteiger charge is 2.14. The van der Waals surface area contributed by atoms with Crippen LogP contribution < -0.4 is 0 Å². The van der Waals surface area contributed by atoms with Crippen LogP contribution in [0, 0.1) is 0 Å². The van der Waals surface area contributed by atoms with Crippen LogP contribution in [0.1, 0.15) is 31.1 Å². The molecule has 3 rings (SSSR count). The Morgan fingerprint density at radius 2 is 2.04 bits per heavy atom. The summed E-state index contributed by atoms with van der Waals surface area (Å²) in [5, 5.41) is 0.807. The lowest BCUT2D eigenvalue weighted by molar-refractivity contribution is -0.127. The summed E-state index contributed by atoms with van der Waals surface area (Å²) in [6.07, 6.45) is 5.29. The standard InChI is InChI=1S/C20H23N3O2S/c1-15(2)16-6-8-17(9-7-16)23-11-10-21-20(23)26-14-19(24)22(3)13-18-5-4-12-25-18/h4-12,15H,13-14H2,1-3H3. The van der Waals surface area contributed by atoms with Crippen molar-refractivity contribution in [2.24, 2.45) is 0 Å². The van der Waals surface area contributed by atoms with E-state index >= 15 is 0 Å². The molecule has 6 heteroatoms. The van der Waals surface area contributed by atoms with Gasteiger partial charge in [-0.25, -0.2) is 4.98 Å². The van der Waals surface area contributed by atoms with Gasteiger partial charge in [0.25, 0.3) is 0 Å². The van der Waals surface area contributed by atoms with Crippen LogP contribution in [0.5, 0.6) is 0 Å². The van der Waals surface area contributed by atoms with Crippen molar-refractivity contribution in [1.29, 1.82) is 0 Å². The van der Waals surface area contributed by atoms with Crippen LogP contribution in [0.2, 0.25) is 0 Å². The van der Waals surface area contributed by atoms with Crippen LogP contribution in [0.25, 0.3) is 5.69 Å². The molecule has 0 radical (unpaired) electrons. The number of carbonyl (C=O) groups excluding carboxylic acids is 1. The molecule has 0 saturated heterocycles. The number of furan rings is 1. The zero-order valence-electron chi connectivity index (χ0n) is 15.3. The van der Waals surface area contributed by atoms with Gasteiger partial charge in [-0.3, -0.25) is 9.36 Å². The topological polar surface area (TPSA) is 51.3 Å². The Morgan fingerprint density at radius 1 is 1.27 bits per heavy atom. The molecule has 0 bridgehead atoms. The Kier molecular flexibility index (Phi) is 5.83. The molecule has 0 aliphatic rings. The van der Waals surface area contributed by atoms with Crippen LogP contribution in [-0.2, 0) is 11.3 Å². The predicted molar refractivity (Wildman–Crippen MR) is 104 cm³/mol. The van der Waals surface area contributed by atoms with Gasteiger partial charge in [-0.1, -0.05) is 37.7 Å². The number of rotatable bonds is 7. The average molecular weight is 369 g/mol. The Hall–Kier alpha value is -2.47. The Labute approximate surface area is 158 Å². The van der Waals surface area contributed by atoms with E-state index in [1.165, 1.54) is 17.3 Å². The molecule has 0 fully saturated rings. The lowest BCUT2D eigenvalue weighted by Gasteiger charge is -2.15. The van der Waals surface area contributed by atoms with Gasteiger partial charge in [0.2, 0.25) is 5.91 Å². The first-order valence-corrected chi connectivity index (χ1v) is 9.56. The zero-order chi connectivity index (χ0) is 18.5. The van der Waals surface area contributed by atoms with Gasteiger partial charge in [-0.05, 0) is 35.7 Å². The number of amides is 1. The minimum absolute atomic E-state index is 0.0381. The summed E-state index contributed by atoms with van der Waals surface area (Å²) < 4.78 is 7.30. The molecule has 0 unspecified atom stereocenters. The maximum Gasteiger partial charge on any atom is 0.233 e. The van der Waals surface area contributed by atoms with E-state index in [2.05, 4.69) is 43.1 Å². The largest absolute Gasteiger partial charge is 0.467 e. The highest BCUT2D eigenvalue weighted by atomic mass is 32.2. The van der Waals surface area contributed by atoms with E-state index in [1.54, 1.807) is 24.4 Å². The van der Waals surface area contributed by atoms with E-state index in [-0.39, 0.29) is 5.91 Å². The van der Waals surface area contributed by atoms with Crippen molar-refractivity contribution >= 4 is 17.7 Å². The molecule has 0 spiro atoms. The maximum atomic E-state index is 12.4. The molecule has 136 valence electrons. The van der Waals surface area contributed by atoms with Crippen LogP contribution in [0.4, 0.5) is 0 Å². The SMILES string of the molecule is CC(C)c1ccc(-n2ccnc2SCC(=O)N(C)Cc2ccco2)cc1. The molecule has 0 atom stereocenters. The van der Waals surface area contributed by atoms with E-state index < -0.39 is 0 Å². The molecule has 2 aromatic heterocycles. The first-order chi connectivity index (χ1) is 12.5. The van der Waals surface area contributed by atoms with E-state index in [4.69, 9.17) is 4.42 Å². The van der Waals surface area contributed by atoms with Crippen LogP contribution in [-0.4, -0.2) is 33.2 Å². The summed E-state index contributed by atoms with van der Waals surface area (Å²) >= 11 is 1.44. The van der Waals surface area contributed by atoms with Gasteiger partial charge < -0.3 is 9.32 Å². The third-order valence-electron chi connectivity index (χ3n) is 4.17. The molecule has 1 amide bonds. The van der Waals surface area contributed by atoms with E-state index in [0.717, 1.165) is 16.6 Å². The van der Waals surface area contributed by atoms with Gasteiger partial charge in [0.05, 0.1) is 18.6 Å². The number of thioether (sulfide) groups is 1. The number of aromatic nitrogens is 2. The number of nitrogens with zero attached hydrogens (tertiary/aromatic N) is 3. The molecular formula is C20H23N3O2S. The van der Waals surface area contributed by atoms with E-state index in [9.17, 15) is 4.79 Å². The quantitative estimate of drug-likeness (QED) is 0.581. The molecule has 1 aromatic carbocycles. The Balaban J connectivity index is 1.62. The summed E-state index contributed by atoms with van der Waals surface area (Å²) in [6, 6.07) is 12.1. The van der Waals surface area contributed by atoms with Crippen molar-refractivity contribution in [2.75, 3.05) is 12.8 Å². The lowest BCUT2D eigenvalue weighted by atomic mass is 10.0. The van der Waals surface area contributed by atoms with Crippen molar-refractivity contribution in [1.82, 2.24) is 14.5 Å². The van der Waals surface area contributed by atoms with Crippen molar-refractivity contribution in [3.05, 3.63) is 66.4 Å². The number of hydrogen-bond donors (Lipinski definition) is 0. The smallest absolute Gasteiger partial charge is 0.233 e. The van der Waals surface area contributed by atoms with Crippen molar-refractivity contribution in [3.63, 3.8) is 0 Å². The van der Waals surface area contributed by atoms with Crippen LogP contribution in [0.15, 0.2) is 64.6 Å². The monoisotopic (exact) mass is 369 g/mol. The molecule has 0 aliphatic carbocycles. The Morgan fingerprint density at radius 3 is 2.69 bits per heavy atom. The van der Waals surface area contributed by atoms with Crippen LogP contribution in [0.3, 0.4) is 0 Å². The average Bonchev–Trinajstić information content (AvgIpc) is 3.31. The molecule has 0 aliphatic heterocycles. The van der Waals surface area contributed by atoms with E-state index in [1.807, 2.05) is 22.9 Å². The third-order valence-corrected chi connectivity index (χ3v) is 5.12. The number of carbonyl (C=O) groups is 1. The molecule has 26 heavy (non-hydrogen) atoms. The maximum absolute atomic E-state index is 12.4. The molecule has 0 saturated carbocycles. The molecule has 3 aromatic rings. The Bertz CT molecular complexity index is 838. The van der Waals surface area contributed by atoms with Gasteiger partial charge in [0.1, 0.15) is 5.76 Å². The highest BCUT2D eigenvalue weighted by molar-refractivity contribution is 7.99. The van der Waals surface area contributed by atoms with Gasteiger partial charge in [-0.15, -0.1) is 0 Å². The van der Waals surface area contributed by atoms with Crippen molar-refractivity contribution in [3.8, 4) is 5.69 Å². The second-order valence-electron chi connectivity index (χ2n) is 6.44. The summed E-state index contributed by atoms with van der Waals surface area (Å²) in [5.74, 6) is 1.65. The predicted octanol–water partition coefficient (Wildman–Crippen LogP) is 4.34. The summed E-state index contributed by atoms with van der Waals surface area (Å²) in [6.45, 7) is 4.83. The fraction of sp³-hybridized carbons (Fsp3) is 0.300. The number of benzene rings is 1. The number of imidazole rings is 1. The number of hydrogen-bond acceptors (Lipinski definition) is 4. The van der Waals surface area contributed by atoms with Gasteiger partial charge in [-0.2, -0.15) is 0 Å². The minimum atomic E-state index is 0.0381. The fourth-order valence-electron chi connectivity index (χ4n) is 2.57. The van der Waals surface area contributed by atoms with E-state index in [0.29, 0.717) is 18.2 Å². The highest BCUT2D eigenvalue weighted by Crippen LogP contribution is 2.23. The second kappa shape index (κ2) is 8.27. The van der Waals surface area contributed by atoms with Gasteiger partial charge in [0, 0.05) is 25.1 Å². The molecular weight excluding hydrogens is 346 g/mol. The summed E-state index contributed by atoms with van der Waals surface area (Å²) in [5.41, 5.74) is 2.35. The van der Waals surface area contributed by atoms with Crippen molar-refractivity contribution in [2.45, 2.75) is 31.5 Å². The van der Waals surface area contributed by atoms with Gasteiger partial charge in [0.15, 0.2) is 5.16 Å². The van der Waals surface area contributed by atoms with Gasteiger partial charge >= 0.3 is 0 Å². The molecule has 5 nitrogen and oxygen atoms in total. The van der Waals surface area contributed by atoms with Crippen LogP contribution >= 0.6 is 11.8 Å². The summed E-state index contributed by atoms with van der Waals surface area (Å²) in [4.78, 5) is 18.4. The first kappa shape index (κ1) is 18.3.